The van der Waals surface area contributed by atoms with Crippen molar-refractivity contribution in [3.8, 4) is 5.75 Å². The number of ether oxygens (including phenoxy) is 1. The minimum Gasteiger partial charge on any atom is -0.484 e. The van der Waals surface area contributed by atoms with Gasteiger partial charge in [0.25, 0.3) is 5.91 Å². The first-order valence-corrected chi connectivity index (χ1v) is 11.0. The van der Waals surface area contributed by atoms with Gasteiger partial charge in [-0.15, -0.1) is 0 Å². The Labute approximate surface area is 214 Å². The Morgan fingerprint density at radius 2 is 1.70 bits per heavy atom. The molecule has 0 aliphatic heterocycles. The molecule has 192 valence electrons. The fourth-order valence-electron chi connectivity index (χ4n) is 2.94. The largest absolute Gasteiger partial charge is 0.484 e. The molecule has 0 bridgehead atoms. The van der Waals surface area contributed by atoms with E-state index in [1.54, 1.807) is 43.3 Å². The number of hydrogen-bond donors (Lipinski definition) is 3. The van der Waals surface area contributed by atoms with Gasteiger partial charge in [-0.3, -0.25) is 14.4 Å². The SMILES string of the molecule is Cc1c(Cl)cccc1NC(=O)COc1cccc(C=NNC(=O)C(=O)Nc2cccc(C(F)(F)F)c2)c1. The van der Waals surface area contributed by atoms with Crippen LogP contribution in [0.1, 0.15) is 16.7 Å². The molecular weight excluding hydrogens is 513 g/mol. The Morgan fingerprint density at radius 1 is 0.973 bits per heavy atom. The van der Waals surface area contributed by atoms with Gasteiger partial charge >= 0.3 is 18.0 Å². The van der Waals surface area contributed by atoms with Crippen LogP contribution in [-0.2, 0) is 20.6 Å². The zero-order chi connectivity index (χ0) is 27.0. The van der Waals surface area contributed by atoms with Crippen molar-refractivity contribution < 1.29 is 32.3 Å². The van der Waals surface area contributed by atoms with Gasteiger partial charge in [-0.1, -0.05) is 35.9 Å². The molecule has 3 rings (SSSR count). The van der Waals surface area contributed by atoms with Crippen LogP contribution in [0.2, 0.25) is 5.02 Å². The van der Waals surface area contributed by atoms with Crippen molar-refractivity contribution in [3.05, 3.63) is 88.4 Å². The molecule has 3 aromatic rings. The number of nitrogens with one attached hydrogen (secondary N) is 3. The number of amides is 3. The maximum absolute atomic E-state index is 12.8. The molecule has 3 aromatic carbocycles. The number of nitrogens with zero attached hydrogens (tertiary/aromatic N) is 1. The van der Waals surface area contributed by atoms with Gasteiger partial charge in [0.2, 0.25) is 0 Å². The molecule has 3 N–H and O–H groups in total. The van der Waals surface area contributed by atoms with Crippen molar-refractivity contribution >= 4 is 46.9 Å². The van der Waals surface area contributed by atoms with E-state index >= 15 is 0 Å². The zero-order valence-electron chi connectivity index (χ0n) is 19.2. The molecule has 0 saturated heterocycles. The summed E-state index contributed by atoms with van der Waals surface area (Å²) < 4.78 is 43.8. The third kappa shape index (κ3) is 8.07. The molecule has 12 heteroatoms. The maximum Gasteiger partial charge on any atom is 0.416 e. The van der Waals surface area contributed by atoms with Crippen LogP contribution in [0.15, 0.2) is 71.8 Å². The fraction of sp³-hybridized carbons (Fsp3) is 0.120. The monoisotopic (exact) mass is 532 g/mol. The fourth-order valence-corrected chi connectivity index (χ4v) is 3.11. The second-order valence-electron chi connectivity index (χ2n) is 7.55. The Hall–Kier alpha value is -4.38. The summed E-state index contributed by atoms with van der Waals surface area (Å²) in [7, 11) is 0. The molecule has 8 nitrogen and oxygen atoms in total. The van der Waals surface area contributed by atoms with Crippen LogP contribution in [0, 0.1) is 6.92 Å². The number of carbonyl (C=O) groups is 3. The number of benzene rings is 3. The number of rotatable bonds is 7. The van der Waals surface area contributed by atoms with Crippen molar-refractivity contribution in [2.24, 2.45) is 5.10 Å². The quantitative estimate of drug-likeness (QED) is 0.231. The van der Waals surface area contributed by atoms with Crippen LogP contribution in [0.25, 0.3) is 0 Å². The van der Waals surface area contributed by atoms with Crippen molar-refractivity contribution in [1.82, 2.24) is 5.43 Å². The van der Waals surface area contributed by atoms with Gasteiger partial charge in [0.15, 0.2) is 6.61 Å². The molecule has 0 atom stereocenters. The Balaban J connectivity index is 1.51. The minimum absolute atomic E-state index is 0.196. The van der Waals surface area contributed by atoms with Crippen LogP contribution in [-0.4, -0.2) is 30.5 Å². The molecule has 0 fully saturated rings. The summed E-state index contributed by atoms with van der Waals surface area (Å²) in [6.45, 7) is 1.49. The van der Waals surface area contributed by atoms with E-state index in [0.717, 1.165) is 17.7 Å². The molecule has 0 aliphatic carbocycles. The first kappa shape index (κ1) is 27.2. The minimum atomic E-state index is -4.59. The van der Waals surface area contributed by atoms with Crippen molar-refractivity contribution in [3.63, 3.8) is 0 Å². The van der Waals surface area contributed by atoms with E-state index in [-0.39, 0.29) is 12.3 Å². The van der Waals surface area contributed by atoms with Gasteiger partial charge in [-0.2, -0.15) is 18.3 Å². The summed E-state index contributed by atoms with van der Waals surface area (Å²) in [4.78, 5) is 36.1. The second-order valence-corrected chi connectivity index (χ2v) is 7.96. The Morgan fingerprint density at radius 3 is 2.46 bits per heavy atom. The normalized spacial score (nSPS) is 11.2. The summed E-state index contributed by atoms with van der Waals surface area (Å²) in [5.74, 6) is -2.44. The van der Waals surface area contributed by atoms with Gasteiger partial charge in [0.1, 0.15) is 5.75 Å². The highest BCUT2D eigenvalue weighted by Gasteiger charge is 2.30. The lowest BCUT2D eigenvalue weighted by molar-refractivity contribution is -0.137. The van der Waals surface area contributed by atoms with E-state index in [9.17, 15) is 27.6 Å². The standard InChI is InChI=1S/C25H20ClF3N4O4/c1-15-20(26)9-4-10-21(15)32-22(34)14-37-19-8-2-5-16(11-19)13-30-33-24(36)23(35)31-18-7-3-6-17(12-18)25(27,28)29/h2-13H,14H2,1H3,(H,31,35)(H,32,34)(H,33,36). The summed E-state index contributed by atoms with van der Waals surface area (Å²) in [5, 5.41) is 8.96. The van der Waals surface area contributed by atoms with E-state index in [1.807, 2.05) is 5.43 Å². The van der Waals surface area contributed by atoms with Gasteiger partial charge in [-0.05, 0) is 60.5 Å². The van der Waals surface area contributed by atoms with Crippen LogP contribution in [0.3, 0.4) is 0 Å². The zero-order valence-corrected chi connectivity index (χ0v) is 20.0. The molecule has 37 heavy (non-hydrogen) atoms. The highest BCUT2D eigenvalue weighted by Crippen LogP contribution is 2.30. The molecule has 0 unspecified atom stereocenters. The first-order valence-electron chi connectivity index (χ1n) is 10.6. The maximum atomic E-state index is 12.8. The van der Waals surface area contributed by atoms with Gasteiger partial charge in [0, 0.05) is 16.4 Å². The Bertz CT molecular complexity index is 1350. The topological polar surface area (TPSA) is 109 Å². The molecule has 0 heterocycles. The molecule has 0 saturated carbocycles. The average molecular weight is 533 g/mol. The number of hydrazone groups is 1. The van der Waals surface area contributed by atoms with Gasteiger partial charge in [-0.25, -0.2) is 5.43 Å². The molecular formula is C25H20ClF3N4O4. The predicted molar refractivity (Wildman–Crippen MR) is 133 cm³/mol. The van der Waals surface area contributed by atoms with E-state index in [4.69, 9.17) is 16.3 Å². The lowest BCUT2D eigenvalue weighted by Gasteiger charge is -2.10. The molecule has 0 spiro atoms. The van der Waals surface area contributed by atoms with Crippen molar-refractivity contribution in [2.75, 3.05) is 17.2 Å². The van der Waals surface area contributed by atoms with E-state index in [1.165, 1.54) is 18.3 Å². The van der Waals surface area contributed by atoms with E-state index in [0.29, 0.717) is 28.1 Å². The van der Waals surface area contributed by atoms with Crippen LogP contribution >= 0.6 is 11.6 Å². The lowest BCUT2D eigenvalue weighted by Crippen LogP contribution is -2.32. The number of hydrogen-bond acceptors (Lipinski definition) is 5. The van der Waals surface area contributed by atoms with Crippen molar-refractivity contribution in [2.45, 2.75) is 13.1 Å². The molecule has 0 aliphatic rings. The highest BCUT2D eigenvalue weighted by atomic mass is 35.5. The highest BCUT2D eigenvalue weighted by molar-refractivity contribution is 6.39. The van der Waals surface area contributed by atoms with Crippen LogP contribution in [0.5, 0.6) is 5.75 Å². The lowest BCUT2D eigenvalue weighted by atomic mass is 10.2. The second kappa shape index (κ2) is 12.0. The summed E-state index contributed by atoms with van der Waals surface area (Å²) >= 11 is 6.04. The smallest absolute Gasteiger partial charge is 0.416 e. The molecule has 3 amide bonds. The number of halogens is 4. The van der Waals surface area contributed by atoms with Crippen molar-refractivity contribution in [1.29, 1.82) is 0 Å². The van der Waals surface area contributed by atoms with E-state index in [2.05, 4.69) is 15.7 Å². The molecule has 0 aromatic heterocycles. The summed E-state index contributed by atoms with van der Waals surface area (Å²) in [6, 6.07) is 15.4. The van der Waals surface area contributed by atoms with E-state index < -0.39 is 29.5 Å². The van der Waals surface area contributed by atoms with Crippen LogP contribution in [0.4, 0.5) is 24.5 Å². The van der Waals surface area contributed by atoms with Gasteiger partial charge in [0.05, 0.1) is 11.8 Å². The Kier molecular flexibility index (Phi) is 8.86. The summed E-state index contributed by atoms with van der Waals surface area (Å²) in [6.07, 6.45) is -3.37. The molecule has 0 radical (unpaired) electrons. The summed E-state index contributed by atoms with van der Waals surface area (Å²) in [5.41, 5.74) is 2.58. The average Bonchev–Trinajstić information content (AvgIpc) is 2.85. The number of anilines is 2. The predicted octanol–water partition coefficient (Wildman–Crippen LogP) is 4.77. The van der Waals surface area contributed by atoms with Gasteiger partial charge < -0.3 is 15.4 Å². The number of carbonyl (C=O) groups excluding carboxylic acids is 3. The first-order chi connectivity index (χ1) is 17.5. The third-order valence-electron chi connectivity index (χ3n) is 4.80. The number of alkyl halides is 3. The van der Waals surface area contributed by atoms with Crippen LogP contribution < -0.4 is 20.8 Å². The third-order valence-corrected chi connectivity index (χ3v) is 5.21.